The minimum absolute atomic E-state index is 0.0425. The van der Waals surface area contributed by atoms with Crippen LogP contribution in [0, 0.1) is 10.1 Å². The average Bonchev–Trinajstić information content (AvgIpc) is 2.66. The molecule has 6 heteroatoms. The number of nitro groups is 1. The van der Waals surface area contributed by atoms with Crippen molar-refractivity contribution in [2.45, 2.75) is 45.2 Å². The zero-order valence-electron chi connectivity index (χ0n) is 12.5. The molecule has 1 N–H and O–H groups in total. The van der Waals surface area contributed by atoms with E-state index >= 15 is 0 Å². The highest BCUT2D eigenvalue weighted by Gasteiger charge is 2.19. The van der Waals surface area contributed by atoms with Gasteiger partial charge in [0.15, 0.2) is 0 Å². The lowest BCUT2D eigenvalue weighted by Crippen LogP contribution is -2.32. The third kappa shape index (κ3) is 4.32. The minimum atomic E-state index is -0.443. The third-order valence-electron chi connectivity index (χ3n) is 4.01. The zero-order valence-corrected chi connectivity index (χ0v) is 13.3. The van der Waals surface area contributed by atoms with E-state index in [4.69, 9.17) is 11.6 Å². The van der Waals surface area contributed by atoms with E-state index in [-0.39, 0.29) is 10.7 Å². The predicted molar refractivity (Wildman–Crippen MR) is 86.1 cm³/mol. The fourth-order valence-electron chi connectivity index (χ4n) is 2.76. The van der Waals surface area contributed by atoms with E-state index in [9.17, 15) is 10.1 Å². The van der Waals surface area contributed by atoms with Crippen molar-refractivity contribution in [3.05, 3.63) is 33.3 Å². The molecule has 1 saturated heterocycles. The summed E-state index contributed by atoms with van der Waals surface area (Å²) in [6.45, 7) is 6.62. The Labute approximate surface area is 130 Å². The molecule has 5 nitrogen and oxygen atoms in total. The van der Waals surface area contributed by atoms with E-state index in [0.29, 0.717) is 12.1 Å². The van der Waals surface area contributed by atoms with Gasteiger partial charge in [-0.1, -0.05) is 11.6 Å². The molecule has 1 atom stereocenters. The Kier molecular flexibility index (Phi) is 5.42. The Hall–Kier alpha value is -1.33. The molecule has 1 unspecified atom stereocenters. The van der Waals surface area contributed by atoms with Crippen LogP contribution in [-0.2, 0) is 0 Å². The lowest BCUT2D eigenvalue weighted by molar-refractivity contribution is -0.384. The number of nitrogens with zero attached hydrogens (tertiary/aromatic N) is 2. The smallest absolute Gasteiger partial charge is 0.289 e. The molecule has 1 aliphatic rings. The highest BCUT2D eigenvalue weighted by molar-refractivity contribution is 6.32. The van der Waals surface area contributed by atoms with Crippen LogP contribution in [0.15, 0.2) is 18.2 Å². The van der Waals surface area contributed by atoms with Crippen LogP contribution in [0.2, 0.25) is 5.02 Å². The number of hydrogen-bond donors (Lipinski definition) is 1. The minimum Gasteiger partial charge on any atom is -0.382 e. The number of hydrogen-bond acceptors (Lipinski definition) is 4. The van der Waals surface area contributed by atoms with Gasteiger partial charge in [0, 0.05) is 30.4 Å². The van der Waals surface area contributed by atoms with E-state index in [1.165, 1.54) is 6.07 Å². The highest BCUT2D eigenvalue weighted by atomic mass is 35.5. The maximum atomic E-state index is 10.9. The van der Waals surface area contributed by atoms with E-state index in [2.05, 4.69) is 24.1 Å². The molecule has 1 aromatic rings. The van der Waals surface area contributed by atoms with Gasteiger partial charge in [0.1, 0.15) is 5.02 Å². The summed E-state index contributed by atoms with van der Waals surface area (Å²) in [4.78, 5) is 13.0. The van der Waals surface area contributed by atoms with E-state index in [1.54, 1.807) is 12.1 Å². The fraction of sp³-hybridized carbons (Fsp3) is 0.600. The van der Waals surface area contributed by atoms with Crippen molar-refractivity contribution < 1.29 is 4.92 Å². The molecule has 0 spiro atoms. The summed E-state index contributed by atoms with van der Waals surface area (Å²) in [6, 6.07) is 5.84. The maximum absolute atomic E-state index is 10.9. The summed E-state index contributed by atoms with van der Waals surface area (Å²) in [7, 11) is 0. The van der Waals surface area contributed by atoms with Gasteiger partial charge >= 0.3 is 0 Å². The molecule has 1 aromatic carbocycles. The quantitative estimate of drug-likeness (QED) is 0.676. The van der Waals surface area contributed by atoms with Crippen LogP contribution in [0.4, 0.5) is 11.4 Å². The van der Waals surface area contributed by atoms with Crippen molar-refractivity contribution in [2.75, 3.05) is 18.4 Å². The molecular formula is C15H22ClN3O2. The number of benzene rings is 1. The molecule has 1 aliphatic heterocycles. The van der Waals surface area contributed by atoms with Crippen molar-refractivity contribution in [3.63, 3.8) is 0 Å². The van der Waals surface area contributed by atoms with Gasteiger partial charge < -0.3 is 10.2 Å². The molecular weight excluding hydrogens is 290 g/mol. The second-order valence-electron chi connectivity index (χ2n) is 5.83. The van der Waals surface area contributed by atoms with Gasteiger partial charge in [0.2, 0.25) is 0 Å². The van der Waals surface area contributed by atoms with Crippen LogP contribution >= 0.6 is 11.6 Å². The second kappa shape index (κ2) is 7.09. The average molecular weight is 312 g/mol. The van der Waals surface area contributed by atoms with Gasteiger partial charge in [0.25, 0.3) is 5.69 Å². The molecule has 21 heavy (non-hydrogen) atoms. The van der Waals surface area contributed by atoms with Crippen molar-refractivity contribution in [3.8, 4) is 0 Å². The number of halogens is 1. The highest BCUT2D eigenvalue weighted by Crippen LogP contribution is 2.28. The summed E-state index contributed by atoms with van der Waals surface area (Å²) >= 11 is 5.84. The Morgan fingerprint density at radius 2 is 2.14 bits per heavy atom. The Morgan fingerprint density at radius 3 is 2.81 bits per heavy atom. The topological polar surface area (TPSA) is 58.4 Å². The first-order valence-electron chi connectivity index (χ1n) is 7.42. The Morgan fingerprint density at radius 1 is 1.38 bits per heavy atom. The van der Waals surface area contributed by atoms with Gasteiger partial charge in [-0.15, -0.1) is 0 Å². The van der Waals surface area contributed by atoms with Gasteiger partial charge in [-0.25, -0.2) is 0 Å². The first-order chi connectivity index (χ1) is 9.97. The largest absolute Gasteiger partial charge is 0.382 e. The van der Waals surface area contributed by atoms with Crippen molar-refractivity contribution in [2.24, 2.45) is 0 Å². The Balaban J connectivity index is 2.01. The summed E-state index contributed by atoms with van der Waals surface area (Å²) < 4.78 is 0. The van der Waals surface area contributed by atoms with E-state index in [0.717, 1.165) is 38.0 Å². The zero-order chi connectivity index (χ0) is 15.4. The van der Waals surface area contributed by atoms with Crippen molar-refractivity contribution in [1.82, 2.24) is 4.90 Å². The molecule has 1 fully saturated rings. The number of anilines is 1. The van der Waals surface area contributed by atoms with Crippen LogP contribution < -0.4 is 5.32 Å². The SMILES string of the molecule is CC(C)N1CCCC(Nc2ccc(Cl)c([N+](=O)[O-])c2)CC1. The van der Waals surface area contributed by atoms with Gasteiger partial charge in [-0.05, 0) is 51.8 Å². The molecule has 116 valence electrons. The lowest BCUT2D eigenvalue weighted by atomic mass is 10.1. The van der Waals surface area contributed by atoms with Gasteiger partial charge in [-0.3, -0.25) is 10.1 Å². The van der Waals surface area contributed by atoms with Crippen LogP contribution in [0.3, 0.4) is 0 Å². The summed E-state index contributed by atoms with van der Waals surface area (Å²) in [6.07, 6.45) is 3.28. The lowest BCUT2D eigenvalue weighted by Gasteiger charge is -2.24. The monoisotopic (exact) mass is 311 g/mol. The molecule has 0 aromatic heterocycles. The normalized spacial score (nSPS) is 20.3. The number of nitrogens with one attached hydrogen (secondary N) is 1. The number of likely N-dealkylation sites (tertiary alicyclic amines) is 1. The summed E-state index contributed by atoms with van der Waals surface area (Å²) in [5.74, 6) is 0. The van der Waals surface area contributed by atoms with Crippen LogP contribution in [0.1, 0.15) is 33.1 Å². The molecule has 1 heterocycles. The molecule has 0 amide bonds. The summed E-state index contributed by atoms with van der Waals surface area (Å²) in [5, 5.41) is 14.5. The van der Waals surface area contributed by atoms with Crippen LogP contribution in [-0.4, -0.2) is 35.0 Å². The number of rotatable bonds is 4. The van der Waals surface area contributed by atoms with Crippen LogP contribution in [0.5, 0.6) is 0 Å². The van der Waals surface area contributed by atoms with Crippen molar-refractivity contribution in [1.29, 1.82) is 0 Å². The fourth-order valence-corrected chi connectivity index (χ4v) is 2.94. The van der Waals surface area contributed by atoms with E-state index in [1.807, 2.05) is 0 Å². The van der Waals surface area contributed by atoms with Crippen molar-refractivity contribution >= 4 is 23.0 Å². The maximum Gasteiger partial charge on any atom is 0.289 e. The molecule has 0 radical (unpaired) electrons. The molecule has 0 saturated carbocycles. The summed E-state index contributed by atoms with van der Waals surface area (Å²) in [5.41, 5.74) is 0.730. The first kappa shape index (κ1) is 16.0. The first-order valence-corrected chi connectivity index (χ1v) is 7.79. The number of nitro benzene ring substituents is 1. The Bertz CT molecular complexity index is 508. The third-order valence-corrected chi connectivity index (χ3v) is 4.33. The molecule has 0 bridgehead atoms. The molecule has 0 aliphatic carbocycles. The van der Waals surface area contributed by atoms with Crippen LogP contribution in [0.25, 0.3) is 0 Å². The predicted octanol–water partition coefficient (Wildman–Crippen LogP) is 3.92. The standard InChI is InChI=1S/C15H22ClN3O2/c1-11(2)18-8-3-4-12(7-9-18)17-13-5-6-14(16)15(10-13)19(20)21/h5-6,10-12,17H,3-4,7-9H2,1-2H3. The second-order valence-corrected chi connectivity index (χ2v) is 6.23. The molecule has 2 rings (SSSR count). The van der Waals surface area contributed by atoms with Gasteiger partial charge in [-0.2, -0.15) is 0 Å². The van der Waals surface area contributed by atoms with Gasteiger partial charge in [0.05, 0.1) is 4.92 Å². The van der Waals surface area contributed by atoms with E-state index < -0.39 is 4.92 Å².